The topological polar surface area (TPSA) is 82.8 Å². The minimum Gasteiger partial charge on any atom is -0.494 e. The summed E-state index contributed by atoms with van der Waals surface area (Å²) in [5, 5.41) is 4.35. The summed E-state index contributed by atoms with van der Waals surface area (Å²) in [6, 6.07) is 14.6. The van der Waals surface area contributed by atoms with Crippen molar-refractivity contribution >= 4 is 28.3 Å². The van der Waals surface area contributed by atoms with Crippen LogP contribution in [-0.2, 0) is 4.79 Å². The highest BCUT2D eigenvalue weighted by molar-refractivity contribution is 7.15. The number of nitrogens with zero attached hydrogens (tertiary/aromatic N) is 3. The number of para-hydroxylation sites is 1. The molecular weight excluding hydrogens is 426 g/mol. The average molecular weight is 450 g/mol. The molecule has 0 amide bonds. The number of esters is 1. The van der Waals surface area contributed by atoms with Gasteiger partial charge in [0.05, 0.1) is 16.7 Å². The fourth-order valence-corrected chi connectivity index (χ4v) is 4.10. The van der Waals surface area contributed by atoms with E-state index in [1.54, 1.807) is 24.3 Å². The first kappa shape index (κ1) is 21.7. The number of thiazole rings is 1. The second-order valence-electron chi connectivity index (χ2n) is 7.26. The zero-order valence-corrected chi connectivity index (χ0v) is 18.7. The van der Waals surface area contributed by atoms with Crippen molar-refractivity contribution in [1.82, 2.24) is 14.6 Å². The number of ether oxygens (including phenoxy) is 2. The van der Waals surface area contributed by atoms with Crippen LogP contribution in [0.4, 0.5) is 0 Å². The van der Waals surface area contributed by atoms with E-state index in [1.807, 2.05) is 30.3 Å². The first-order valence-electron chi connectivity index (χ1n) is 10.5. The molecule has 2 aromatic heterocycles. The lowest BCUT2D eigenvalue weighted by Gasteiger charge is -2.05. The number of carbonyl (C=O) groups excluding carboxylic acids is 1. The molecule has 164 valence electrons. The van der Waals surface area contributed by atoms with Crippen molar-refractivity contribution in [2.24, 2.45) is 0 Å². The maximum absolute atomic E-state index is 12.8. The maximum atomic E-state index is 12.8. The fourth-order valence-electron chi connectivity index (χ4n) is 3.20. The van der Waals surface area contributed by atoms with Crippen molar-refractivity contribution in [2.45, 2.75) is 33.1 Å². The van der Waals surface area contributed by atoms with Crippen LogP contribution < -0.4 is 19.6 Å². The van der Waals surface area contributed by atoms with Crippen molar-refractivity contribution in [1.29, 1.82) is 0 Å². The molecule has 0 aliphatic carbocycles. The van der Waals surface area contributed by atoms with Crippen LogP contribution in [0, 0.1) is 0 Å². The fraction of sp³-hybridized carbons (Fsp3) is 0.250. The molecule has 4 rings (SSSR count). The van der Waals surface area contributed by atoms with Gasteiger partial charge in [0, 0.05) is 6.92 Å². The summed E-state index contributed by atoms with van der Waals surface area (Å²) in [5.41, 5.74) is 1.21. The Morgan fingerprint density at radius 3 is 2.62 bits per heavy atom. The number of hydrogen-bond donors (Lipinski definition) is 0. The first-order chi connectivity index (χ1) is 15.5. The van der Waals surface area contributed by atoms with Gasteiger partial charge in [0.2, 0.25) is 4.96 Å². The Labute approximate surface area is 188 Å². The van der Waals surface area contributed by atoms with E-state index in [-0.39, 0.29) is 5.56 Å². The number of carbonyl (C=O) groups is 1. The van der Waals surface area contributed by atoms with Crippen LogP contribution in [0.3, 0.4) is 0 Å². The van der Waals surface area contributed by atoms with E-state index < -0.39 is 5.97 Å². The van der Waals surface area contributed by atoms with Gasteiger partial charge in [-0.1, -0.05) is 55.4 Å². The molecule has 0 saturated carbocycles. The summed E-state index contributed by atoms with van der Waals surface area (Å²) >= 11 is 1.26. The molecule has 0 aliphatic rings. The van der Waals surface area contributed by atoms with Gasteiger partial charge in [-0.15, -0.1) is 5.10 Å². The van der Waals surface area contributed by atoms with Crippen LogP contribution in [-0.4, -0.2) is 27.2 Å². The van der Waals surface area contributed by atoms with Gasteiger partial charge in [-0.2, -0.15) is 9.50 Å². The predicted molar refractivity (Wildman–Crippen MR) is 124 cm³/mol. The first-order valence-corrected chi connectivity index (χ1v) is 11.3. The van der Waals surface area contributed by atoms with Gasteiger partial charge in [-0.25, -0.2) is 0 Å². The minimum atomic E-state index is -0.433. The van der Waals surface area contributed by atoms with Gasteiger partial charge in [-0.3, -0.25) is 9.59 Å². The van der Waals surface area contributed by atoms with Crippen molar-refractivity contribution < 1.29 is 14.3 Å². The Bertz CT molecular complexity index is 1340. The van der Waals surface area contributed by atoms with Gasteiger partial charge in [0.25, 0.3) is 5.56 Å². The second kappa shape index (κ2) is 9.74. The molecular formula is C24H23N3O4S. The SMILES string of the molecule is CCCCCOc1ccc(/C=c2\sc3nc(-c4ccccc4OC(C)=O)nn3c2=O)cc1. The average Bonchev–Trinajstić information content (AvgIpc) is 3.32. The molecule has 32 heavy (non-hydrogen) atoms. The Morgan fingerprint density at radius 2 is 1.91 bits per heavy atom. The van der Waals surface area contributed by atoms with E-state index in [0.717, 1.165) is 30.6 Å². The van der Waals surface area contributed by atoms with Crippen molar-refractivity contribution in [2.75, 3.05) is 6.61 Å². The normalized spacial score (nSPS) is 11.8. The highest BCUT2D eigenvalue weighted by Gasteiger charge is 2.16. The standard InChI is InChI=1S/C24H23N3O4S/c1-3-4-7-14-30-18-12-10-17(11-13-18)15-21-23(29)27-24(32-21)25-22(26-27)19-8-5-6-9-20(19)31-16(2)28/h5-6,8-13,15H,3-4,7,14H2,1-2H3/b21-15-. The Balaban J connectivity index is 1.58. The van der Waals surface area contributed by atoms with Gasteiger partial charge in [0.15, 0.2) is 5.82 Å². The summed E-state index contributed by atoms with van der Waals surface area (Å²) in [5.74, 6) is 1.08. The predicted octanol–water partition coefficient (Wildman–Crippen LogP) is 3.86. The van der Waals surface area contributed by atoms with E-state index in [4.69, 9.17) is 9.47 Å². The number of benzene rings is 2. The molecule has 0 saturated heterocycles. The summed E-state index contributed by atoms with van der Waals surface area (Å²) in [4.78, 5) is 29.2. The molecule has 2 aromatic carbocycles. The quantitative estimate of drug-likeness (QED) is 0.231. The molecule has 0 unspecified atom stereocenters. The molecule has 2 heterocycles. The molecule has 0 N–H and O–H groups in total. The molecule has 8 heteroatoms. The van der Waals surface area contributed by atoms with Gasteiger partial charge < -0.3 is 9.47 Å². The third kappa shape index (κ3) is 4.86. The summed E-state index contributed by atoms with van der Waals surface area (Å²) in [7, 11) is 0. The number of fused-ring (bicyclic) bond motifs is 1. The third-order valence-electron chi connectivity index (χ3n) is 4.76. The summed E-state index contributed by atoms with van der Waals surface area (Å²) in [6.07, 6.45) is 5.17. The Morgan fingerprint density at radius 1 is 1.12 bits per heavy atom. The number of unbranched alkanes of at least 4 members (excludes halogenated alkanes) is 2. The minimum absolute atomic E-state index is 0.242. The van der Waals surface area contributed by atoms with Crippen molar-refractivity contribution in [3.8, 4) is 22.9 Å². The molecule has 0 radical (unpaired) electrons. The Kier molecular flexibility index (Phi) is 6.61. The second-order valence-corrected chi connectivity index (χ2v) is 8.27. The highest BCUT2D eigenvalue weighted by Crippen LogP contribution is 2.27. The number of aromatic nitrogens is 3. The highest BCUT2D eigenvalue weighted by atomic mass is 32.1. The molecule has 0 fully saturated rings. The van der Waals surface area contributed by atoms with E-state index in [0.29, 0.717) is 33.2 Å². The molecule has 4 aromatic rings. The molecule has 0 bridgehead atoms. The van der Waals surface area contributed by atoms with Crippen LogP contribution in [0.15, 0.2) is 53.3 Å². The summed E-state index contributed by atoms with van der Waals surface area (Å²) < 4.78 is 12.8. The zero-order valence-electron chi connectivity index (χ0n) is 17.9. The van der Waals surface area contributed by atoms with E-state index in [1.165, 1.54) is 22.8 Å². The summed E-state index contributed by atoms with van der Waals surface area (Å²) in [6.45, 7) is 4.20. The smallest absolute Gasteiger partial charge is 0.308 e. The van der Waals surface area contributed by atoms with Gasteiger partial charge in [0.1, 0.15) is 11.5 Å². The Hall–Kier alpha value is -3.52. The lowest BCUT2D eigenvalue weighted by Crippen LogP contribution is -2.23. The number of hydrogen-bond acceptors (Lipinski definition) is 7. The van der Waals surface area contributed by atoms with Gasteiger partial charge in [-0.05, 0) is 42.3 Å². The molecule has 0 atom stereocenters. The lowest BCUT2D eigenvalue weighted by molar-refractivity contribution is -0.131. The molecule has 0 spiro atoms. The van der Waals surface area contributed by atoms with Crippen LogP contribution in [0.2, 0.25) is 0 Å². The van der Waals surface area contributed by atoms with E-state index in [2.05, 4.69) is 17.0 Å². The van der Waals surface area contributed by atoms with Crippen LogP contribution in [0.25, 0.3) is 22.4 Å². The van der Waals surface area contributed by atoms with Gasteiger partial charge >= 0.3 is 5.97 Å². The third-order valence-corrected chi connectivity index (χ3v) is 5.72. The zero-order chi connectivity index (χ0) is 22.5. The monoisotopic (exact) mass is 449 g/mol. The van der Waals surface area contributed by atoms with Crippen molar-refractivity contribution in [3.05, 3.63) is 69.0 Å². The van der Waals surface area contributed by atoms with Crippen molar-refractivity contribution in [3.63, 3.8) is 0 Å². The van der Waals surface area contributed by atoms with Crippen LogP contribution >= 0.6 is 11.3 Å². The van der Waals surface area contributed by atoms with Crippen LogP contribution in [0.5, 0.6) is 11.5 Å². The van der Waals surface area contributed by atoms with Crippen LogP contribution in [0.1, 0.15) is 38.7 Å². The number of rotatable bonds is 8. The van der Waals surface area contributed by atoms with E-state index in [9.17, 15) is 9.59 Å². The molecule has 0 aliphatic heterocycles. The maximum Gasteiger partial charge on any atom is 0.308 e. The largest absolute Gasteiger partial charge is 0.494 e. The lowest BCUT2D eigenvalue weighted by atomic mass is 10.2. The van der Waals surface area contributed by atoms with E-state index >= 15 is 0 Å². The molecule has 7 nitrogen and oxygen atoms in total.